The van der Waals surface area contributed by atoms with Crippen molar-refractivity contribution in [3.8, 4) is 0 Å². The lowest BCUT2D eigenvalue weighted by Crippen LogP contribution is -2.56. The predicted molar refractivity (Wildman–Crippen MR) is 124 cm³/mol. The average molecular weight is 478 g/mol. The number of methoxy groups -OCH3 is 1. The first-order valence-corrected chi connectivity index (χ1v) is 12.6. The Morgan fingerprint density at radius 2 is 1.85 bits per heavy atom. The zero-order chi connectivity index (χ0) is 24.3. The molecule has 190 valence electrons. The average Bonchev–Trinajstić information content (AvgIpc) is 3.57. The Hall–Kier alpha value is -1.68. The lowest BCUT2D eigenvalue weighted by atomic mass is 9.68. The molecule has 1 aliphatic carbocycles. The monoisotopic (exact) mass is 477 g/mol. The number of hydrogen-bond acceptors (Lipinski definition) is 7. The van der Waals surface area contributed by atoms with E-state index in [-0.39, 0.29) is 54.0 Å². The Morgan fingerprint density at radius 3 is 2.41 bits per heavy atom. The van der Waals surface area contributed by atoms with Gasteiger partial charge in [0.25, 0.3) is 0 Å². The van der Waals surface area contributed by atoms with Crippen molar-refractivity contribution in [3.63, 3.8) is 0 Å². The molecule has 1 saturated carbocycles. The molecule has 4 aliphatic heterocycles. The van der Waals surface area contributed by atoms with E-state index < -0.39 is 0 Å². The molecule has 5 rings (SSSR count). The molecular weight excluding hydrogens is 438 g/mol. The largest absolute Gasteiger partial charge is 0.443 e. The molecule has 9 nitrogen and oxygen atoms in total. The van der Waals surface area contributed by atoms with Gasteiger partial charge in [0, 0.05) is 33.3 Å². The standard InChI is InChI=1S/C25H39N3O6/c1-15(2)5-6-19-24(3,34-19)22-21(31-4)18(7-8-25(22)14-32-25)33-23(30)28-11-16-9-27(13-20(26)29)10-17(16)12-28/h5,16-19,21-22H,6-14H2,1-4H3,(H2,26,29)/t16-,17+,18-,19-,21-,22-,24+,25+/m1/s1. The van der Waals surface area contributed by atoms with Crippen LogP contribution in [0.2, 0.25) is 0 Å². The van der Waals surface area contributed by atoms with Gasteiger partial charge in [-0.15, -0.1) is 0 Å². The van der Waals surface area contributed by atoms with Gasteiger partial charge in [0.1, 0.15) is 23.4 Å². The zero-order valence-electron chi connectivity index (χ0n) is 20.8. The summed E-state index contributed by atoms with van der Waals surface area (Å²) in [5.74, 6) is 0.443. The second kappa shape index (κ2) is 8.76. The van der Waals surface area contributed by atoms with Crippen LogP contribution in [0, 0.1) is 17.8 Å². The maximum absolute atomic E-state index is 13.1. The number of carbonyl (C=O) groups excluding carboxylic acids is 2. The fourth-order valence-electron chi connectivity index (χ4n) is 6.86. The van der Waals surface area contributed by atoms with Gasteiger partial charge in [0.15, 0.2) is 0 Å². The Balaban J connectivity index is 1.22. The van der Waals surface area contributed by atoms with Crippen molar-refractivity contribution in [1.82, 2.24) is 9.80 Å². The summed E-state index contributed by atoms with van der Waals surface area (Å²) >= 11 is 0. The van der Waals surface area contributed by atoms with Crippen molar-refractivity contribution in [2.45, 2.75) is 69.5 Å². The number of epoxide rings is 2. The van der Waals surface area contributed by atoms with Crippen LogP contribution in [-0.4, -0.2) is 97.8 Å². The molecule has 5 fully saturated rings. The Labute approximate surface area is 201 Å². The molecule has 4 heterocycles. The summed E-state index contributed by atoms with van der Waals surface area (Å²) in [6, 6.07) is 0. The van der Waals surface area contributed by atoms with Gasteiger partial charge < -0.3 is 29.6 Å². The van der Waals surface area contributed by atoms with E-state index >= 15 is 0 Å². The minimum Gasteiger partial charge on any atom is -0.443 e. The number of likely N-dealkylation sites (tertiary alicyclic amines) is 2. The first-order chi connectivity index (χ1) is 16.1. The number of nitrogens with zero attached hydrogens (tertiary/aromatic N) is 2. The highest BCUT2D eigenvalue weighted by atomic mass is 16.6. The smallest absolute Gasteiger partial charge is 0.410 e. The SMILES string of the molecule is CO[C@@H]1[C@H](OC(=O)N2C[C@H]3CN(CC(N)=O)C[C@H]3C2)CC[C@]2(CO2)[C@H]1[C@@]1(C)O[C@@H]1CC=C(C)C. The molecule has 0 aromatic heterocycles. The quantitative estimate of drug-likeness (QED) is 0.438. The van der Waals surface area contributed by atoms with Gasteiger partial charge in [0.05, 0.1) is 25.2 Å². The Kier molecular flexibility index (Phi) is 6.19. The van der Waals surface area contributed by atoms with E-state index in [2.05, 4.69) is 31.7 Å². The molecule has 0 bridgehead atoms. The first-order valence-electron chi connectivity index (χ1n) is 12.6. The van der Waals surface area contributed by atoms with E-state index in [0.29, 0.717) is 31.5 Å². The number of rotatable bonds is 7. The Morgan fingerprint density at radius 1 is 1.18 bits per heavy atom. The molecule has 0 aromatic carbocycles. The molecule has 0 unspecified atom stereocenters. The van der Waals surface area contributed by atoms with Gasteiger partial charge in [-0.05, 0) is 51.9 Å². The van der Waals surface area contributed by atoms with Gasteiger partial charge in [-0.1, -0.05) is 11.6 Å². The van der Waals surface area contributed by atoms with E-state index in [0.717, 1.165) is 32.4 Å². The van der Waals surface area contributed by atoms with Crippen molar-refractivity contribution < 1.29 is 28.5 Å². The van der Waals surface area contributed by atoms with E-state index in [1.807, 2.05) is 4.90 Å². The maximum atomic E-state index is 13.1. The summed E-state index contributed by atoms with van der Waals surface area (Å²) in [6.45, 7) is 10.3. The number of primary amides is 1. The van der Waals surface area contributed by atoms with Crippen LogP contribution in [0.1, 0.15) is 40.0 Å². The fraction of sp³-hybridized carbons (Fsp3) is 0.840. The van der Waals surface area contributed by atoms with Crippen molar-refractivity contribution in [1.29, 1.82) is 0 Å². The zero-order valence-corrected chi connectivity index (χ0v) is 20.8. The fourth-order valence-corrected chi connectivity index (χ4v) is 6.86. The second-order valence-corrected chi connectivity index (χ2v) is 11.4. The summed E-state index contributed by atoms with van der Waals surface area (Å²) in [5.41, 5.74) is 6.04. The third kappa shape index (κ3) is 4.36. The van der Waals surface area contributed by atoms with Gasteiger partial charge in [-0.2, -0.15) is 0 Å². The van der Waals surface area contributed by atoms with Crippen LogP contribution in [0.25, 0.3) is 0 Å². The molecule has 2 amide bonds. The van der Waals surface area contributed by atoms with Crippen molar-refractivity contribution >= 4 is 12.0 Å². The summed E-state index contributed by atoms with van der Waals surface area (Å²) in [6.07, 6.45) is 3.92. The summed E-state index contributed by atoms with van der Waals surface area (Å²) in [7, 11) is 1.70. The third-order valence-corrected chi connectivity index (χ3v) is 8.69. The number of carbonyl (C=O) groups is 2. The molecule has 5 aliphatic rings. The number of allylic oxidation sites excluding steroid dienone is 1. The van der Waals surface area contributed by atoms with Crippen LogP contribution in [-0.2, 0) is 23.7 Å². The molecule has 4 saturated heterocycles. The predicted octanol–water partition coefficient (Wildman–Crippen LogP) is 1.55. The van der Waals surface area contributed by atoms with Crippen molar-refractivity contribution in [3.05, 3.63) is 11.6 Å². The number of fused-ring (bicyclic) bond motifs is 1. The van der Waals surface area contributed by atoms with Crippen molar-refractivity contribution in [2.24, 2.45) is 23.5 Å². The van der Waals surface area contributed by atoms with Crippen LogP contribution >= 0.6 is 0 Å². The minimum atomic E-state index is -0.344. The molecule has 1 spiro atoms. The first kappa shape index (κ1) is 24.0. The molecule has 8 atom stereocenters. The molecular formula is C25H39N3O6. The maximum Gasteiger partial charge on any atom is 0.410 e. The van der Waals surface area contributed by atoms with Crippen LogP contribution < -0.4 is 5.73 Å². The molecule has 0 radical (unpaired) electrons. The lowest BCUT2D eigenvalue weighted by Gasteiger charge is -2.43. The van der Waals surface area contributed by atoms with Crippen molar-refractivity contribution in [2.75, 3.05) is 46.4 Å². The molecule has 2 N–H and O–H groups in total. The highest BCUT2D eigenvalue weighted by Crippen LogP contribution is 2.59. The highest BCUT2D eigenvalue weighted by molar-refractivity contribution is 5.76. The lowest BCUT2D eigenvalue weighted by molar-refractivity contribution is -0.121. The number of amides is 2. The van der Waals surface area contributed by atoms with Gasteiger partial charge >= 0.3 is 6.09 Å². The minimum absolute atomic E-state index is 0.0208. The van der Waals surface area contributed by atoms with E-state index in [9.17, 15) is 9.59 Å². The summed E-state index contributed by atoms with van der Waals surface area (Å²) in [4.78, 5) is 28.3. The Bertz CT molecular complexity index is 842. The van der Waals surface area contributed by atoms with Crippen LogP contribution in [0.5, 0.6) is 0 Å². The van der Waals surface area contributed by atoms with Crippen LogP contribution in [0.3, 0.4) is 0 Å². The molecule has 34 heavy (non-hydrogen) atoms. The normalized spacial score (nSPS) is 43.0. The van der Waals surface area contributed by atoms with Gasteiger partial charge in [-0.25, -0.2) is 4.79 Å². The number of ether oxygens (including phenoxy) is 4. The molecule has 9 heteroatoms. The van der Waals surface area contributed by atoms with Gasteiger partial charge in [-0.3, -0.25) is 9.69 Å². The van der Waals surface area contributed by atoms with E-state index in [1.165, 1.54) is 5.57 Å². The van der Waals surface area contributed by atoms with E-state index in [4.69, 9.17) is 24.7 Å². The third-order valence-electron chi connectivity index (χ3n) is 8.69. The topological polar surface area (TPSA) is 110 Å². The van der Waals surface area contributed by atoms with Crippen LogP contribution in [0.4, 0.5) is 4.79 Å². The molecule has 0 aromatic rings. The van der Waals surface area contributed by atoms with Crippen LogP contribution in [0.15, 0.2) is 11.6 Å². The highest BCUT2D eigenvalue weighted by Gasteiger charge is 2.72. The van der Waals surface area contributed by atoms with Gasteiger partial charge in [0.2, 0.25) is 5.91 Å². The summed E-state index contributed by atoms with van der Waals surface area (Å²) in [5, 5.41) is 0. The number of nitrogens with two attached hydrogens (primary N) is 1. The second-order valence-electron chi connectivity index (χ2n) is 11.4. The summed E-state index contributed by atoms with van der Waals surface area (Å²) < 4.78 is 24.3. The van der Waals surface area contributed by atoms with E-state index in [1.54, 1.807) is 7.11 Å². The number of hydrogen-bond donors (Lipinski definition) is 1.